The zero-order chi connectivity index (χ0) is 23.9. The summed E-state index contributed by atoms with van der Waals surface area (Å²) < 4.78 is 6.61. The highest BCUT2D eigenvalue weighted by atomic mass is 35.5. The highest BCUT2D eigenvalue weighted by Gasteiger charge is 2.33. The number of aromatic nitrogens is 3. The Morgan fingerprint density at radius 2 is 1.94 bits per heavy atom. The molecule has 1 atom stereocenters. The van der Waals surface area contributed by atoms with E-state index in [4.69, 9.17) is 16.3 Å². The van der Waals surface area contributed by atoms with Crippen LogP contribution in [0.3, 0.4) is 0 Å². The lowest BCUT2D eigenvalue weighted by molar-refractivity contribution is -0.142. The van der Waals surface area contributed by atoms with Crippen molar-refractivity contribution in [3.63, 3.8) is 0 Å². The summed E-state index contributed by atoms with van der Waals surface area (Å²) in [7, 11) is 1.57. The molecule has 4 rings (SSSR count). The van der Waals surface area contributed by atoms with Gasteiger partial charge in [-0.2, -0.15) is 0 Å². The predicted molar refractivity (Wildman–Crippen MR) is 131 cm³/mol. The minimum Gasteiger partial charge on any atom is -0.383 e. The van der Waals surface area contributed by atoms with Crippen LogP contribution in [0.2, 0.25) is 5.02 Å². The van der Waals surface area contributed by atoms with E-state index in [9.17, 15) is 9.59 Å². The van der Waals surface area contributed by atoms with Crippen molar-refractivity contribution in [3.8, 4) is 0 Å². The van der Waals surface area contributed by atoms with E-state index >= 15 is 0 Å². The van der Waals surface area contributed by atoms with Crippen LogP contribution in [0.5, 0.6) is 0 Å². The lowest BCUT2D eigenvalue weighted by atomic mass is 10.1. The number of methoxy groups -OCH3 is 1. The van der Waals surface area contributed by atoms with Crippen molar-refractivity contribution in [2.45, 2.75) is 19.1 Å². The molecular formula is C24H24ClN5O3S. The van der Waals surface area contributed by atoms with Crippen molar-refractivity contribution in [1.82, 2.24) is 25.2 Å². The maximum atomic E-state index is 13.7. The standard InChI is InChI=1S/C24H24ClN5O3S/c1-33-13-12-26-24(32)23(21-11-6-14-34-21)29(15-17-7-2-3-8-18(17)25)22(31)16-30-20-10-5-4-9-19(20)27-28-30/h2-11,14,23H,12-13,15-16H2,1H3,(H,26,32)/t23-/m1/s1. The van der Waals surface area contributed by atoms with E-state index in [1.54, 1.807) is 22.8 Å². The third kappa shape index (κ3) is 5.44. The maximum absolute atomic E-state index is 13.7. The molecule has 1 N–H and O–H groups in total. The molecule has 0 fully saturated rings. The second-order valence-electron chi connectivity index (χ2n) is 7.55. The largest absolute Gasteiger partial charge is 0.383 e. The molecule has 0 saturated heterocycles. The fourth-order valence-electron chi connectivity index (χ4n) is 3.63. The van der Waals surface area contributed by atoms with Crippen LogP contribution in [0.4, 0.5) is 0 Å². The quantitative estimate of drug-likeness (QED) is 0.338. The van der Waals surface area contributed by atoms with Crippen LogP contribution < -0.4 is 5.32 Å². The van der Waals surface area contributed by atoms with E-state index in [-0.39, 0.29) is 24.9 Å². The number of carbonyl (C=O) groups is 2. The Hall–Kier alpha value is -3.27. The van der Waals surface area contributed by atoms with Gasteiger partial charge in [-0.15, -0.1) is 16.4 Å². The molecule has 4 aromatic rings. The molecule has 0 saturated carbocycles. The Morgan fingerprint density at radius 3 is 2.71 bits per heavy atom. The number of thiophene rings is 1. The van der Waals surface area contributed by atoms with Crippen molar-refractivity contribution in [1.29, 1.82) is 0 Å². The fourth-order valence-corrected chi connectivity index (χ4v) is 4.66. The zero-order valence-corrected chi connectivity index (χ0v) is 20.1. The number of hydrogen-bond donors (Lipinski definition) is 1. The molecule has 2 amide bonds. The Bertz CT molecular complexity index is 1260. The number of nitrogens with zero attached hydrogens (tertiary/aromatic N) is 4. The van der Waals surface area contributed by atoms with E-state index in [0.29, 0.717) is 23.7 Å². The summed E-state index contributed by atoms with van der Waals surface area (Å²) in [5.74, 6) is -0.570. The van der Waals surface area contributed by atoms with Crippen molar-refractivity contribution in [3.05, 3.63) is 81.5 Å². The molecule has 2 heterocycles. The summed E-state index contributed by atoms with van der Waals surface area (Å²) in [4.78, 5) is 29.4. The highest BCUT2D eigenvalue weighted by molar-refractivity contribution is 7.10. The van der Waals surface area contributed by atoms with Gasteiger partial charge >= 0.3 is 0 Å². The number of rotatable bonds is 10. The van der Waals surface area contributed by atoms with Gasteiger partial charge in [-0.05, 0) is 35.2 Å². The van der Waals surface area contributed by atoms with E-state index < -0.39 is 6.04 Å². The van der Waals surface area contributed by atoms with Gasteiger partial charge in [0.15, 0.2) is 0 Å². The van der Waals surface area contributed by atoms with Gasteiger partial charge in [0.1, 0.15) is 18.1 Å². The molecule has 0 radical (unpaired) electrons. The van der Waals surface area contributed by atoms with Gasteiger partial charge in [0.25, 0.3) is 0 Å². The molecule has 0 aliphatic carbocycles. The highest BCUT2D eigenvalue weighted by Crippen LogP contribution is 2.29. The van der Waals surface area contributed by atoms with Gasteiger partial charge in [-0.3, -0.25) is 9.59 Å². The maximum Gasteiger partial charge on any atom is 0.248 e. The first-order chi connectivity index (χ1) is 16.6. The summed E-state index contributed by atoms with van der Waals surface area (Å²) >= 11 is 7.84. The third-order valence-electron chi connectivity index (χ3n) is 5.30. The Kier molecular flexibility index (Phi) is 7.89. The van der Waals surface area contributed by atoms with Crippen LogP contribution in [-0.2, 0) is 27.4 Å². The number of nitrogens with one attached hydrogen (secondary N) is 1. The molecule has 0 spiro atoms. The summed E-state index contributed by atoms with van der Waals surface area (Å²) in [5, 5.41) is 13.6. The molecule has 2 aromatic heterocycles. The average Bonchev–Trinajstić information content (AvgIpc) is 3.51. The molecule has 34 heavy (non-hydrogen) atoms. The van der Waals surface area contributed by atoms with Gasteiger partial charge in [0.05, 0.1) is 12.1 Å². The van der Waals surface area contributed by atoms with Gasteiger partial charge in [0.2, 0.25) is 11.8 Å². The van der Waals surface area contributed by atoms with Crippen LogP contribution in [0.15, 0.2) is 66.0 Å². The third-order valence-corrected chi connectivity index (χ3v) is 6.60. The first kappa shape index (κ1) is 23.9. The van der Waals surface area contributed by atoms with Crippen molar-refractivity contribution in [2.75, 3.05) is 20.3 Å². The monoisotopic (exact) mass is 497 g/mol. The number of hydrogen-bond acceptors (Lipinski definition) is 6. The molecule has 10 heteroatoms. The summed E-state index contributed by atoms with van der Waals surface area (Å²) in [5.41, 5.74) is 2.18. The van der Waals surface area contributed by atoms with Crippen LogP contribution in [0, 0.1) is 0 Å². The van der Waals surface area contributed by atoms with Gasteiger partial charge < -0.3 is 15.0 Å². The number of para-hydroxylation sites is 1. The van der Waals surface area contributed by atoms with Gasteiger partial charge in [0, 0.05) is 30.1 Å². The topological polar surface area (TPSA) is 89.4 Å². The van der Waals surface area contributed by atoms with Crippen LogP contribution in [-0.4, -0.2) is 52.0 Å². The number of ether oxygens (including phenoxy) is 1. The van der Waals surface area contributed by atoms with Crippen molar-refractivity contribution in [2.24, 2.45) is 0 Å². The lowest BCUT2D eigenvalue weighted by Gasteiger charge is -2.31. The van der Waals surface area contributed by atoms with Crippen LogP contribution in [0.1, 0.15) is 16.5 Å². The number of carbonyl (C=O) groups excluding carboxylic acids is 2. The average molecular weight is 498 g/mol. The Balaban J connectivity index is 1.69. The molecule has 0 unspecified atom stereocenters. The van der Waals surface area contributed by atoms with Crippen LogP contribution in [0.25, 0.3) is 11.0 Å². The van der Waals surface area contributed by atoms with E-state index in [1.807, 2.05) is 60.0 Å². The van der Waals surface area contributed by atoms with E-state index in [1.165, 1.54) is 11.3 Å². The summed E-state index contributed by atoms with van der Waals surface area (Å²) in [6, 6.07) is 17.6. The number of halogens is 1. The molecule has 176 valence electrons. The normalized spacial score (nSPS) is 11.9. The second kappa shape index (κ2) is 11.2. The minimum atomic E-state index is -0.838. The number of benzene rings is 2. The molecule has 8 nitrogen and oxygen atoms in total. The molecule has 2 aromatic carbocycles. The minimum absolute atomic E-state index is 0.0712. The zero-order valence-electron chi connectivity index (χ0n) is 18.6. The van der Waals surface area contributed by atoms with E-state index in [0.717, 1.165) is 16.0 Å². The number of amides is 2. The summed E-state index contributed by atoms with van der Waals surface area (Å²) in [6.07, 6.45) is 0. The van der Waals surface area contributed by atoms with E-state index in [2.05, 4.69) is 15.6 Å². The van der Waals surface area contributed by atoms with Gasteiger partial charge in [-0.25, -0.2) is 4.68 Å². The first-order valence-electron chi connectivity index (χ1n) is 10.7. The SMILES string of the molecule is COCCNC(=O)[C@@H](c1cccs1)N(Cc1ccccc1Cl)C(=O)Cn1nnc2ccccc21. The molecule has 0 aliphatic heterocycles. The molecule has 0 bridgehead atoms. The lowest BCUT2D eigenvalue weighted by Crippen LogP contribution is -2.45. The van der Waals surface area contributed by atoms with Crippen LogP contribution >= 0.6 is 22.9 Å². The van der Waals surface area contributed by atoms with Crippen molar-refractivity contribution >= 4 is 45.8 Å². The van der Waals surface area contributed by atoms with Gasteiger partial charge in [-0.1, -0.05) is 53.2 Å². The van der Waals surface area contributed by atoms with Crippen molar-refractivity contribution < 1.29 is 14.3 Å². The summed E-state index contributed by atoms with van der Waals surface area (Å²) in [6.45, 7) is 0.787. The Morgan fingerprint density at radius 1 is 1.15 bits per heavy atom. The number of fused-ring (bicyclic) bond motifs is 1. The smallest absolute Gasteiger partial charge is 0.248 e. The fraction of sp³-hybridized carbons (Fsp3) is 0.250. The molecular weight excluding hydrogens is 474 g/mol. The second-order valence-corrected chi connectivity index (χ2v) is 8.94. The predicted octanol–water partition coefficient (Wildman–Crippen LogP) is 3.68. The first-order valence-corrected chi connectivity index (χ1v) is 12.0. The molecule has 0 aliphatic rings. The Labute approximate surface area is 206 Å².